The largest absolute Gasteiger partial charge is 0.487 e. The van der Waals surface area contributed by atoms with Crippen LogP contribution in [0.15, 0.2) is 18.2 Å². The highest BCUT2D eigenvalue weighted by Gasteiger charge is 2.48. The molecule has 20 heavy (non-hydrogen) atoms. The number of rotatable bonds is 0. The van der Waals surface area contributed by atoms with Gasteiger partial charge in [0, 0.05) is 17.0 Å². The molecule has 0 saturated heterocycles. The van der Waals surface area contributed by atoms with Gasteiger partial charge in [0.15, 0.2) is 0 Å². The lowest BCUT2D eigenvalue weighted by Gasteiger charge is -2.50. The monoisotopic (exact) mass is 294 g/mol. The van der Waals surface area contributed by atoms with E-state index in [1.165, 1.54) is 6.42 Å². The fraction of sp³-hybridized carbons (Fsp3) is 0.647. The van der Waals surface area contributed by atoms with E-state index in [2.05, 4.69) is 20.8 Å². The van der Waals surface area contributed by atoms with E-state index in [1.54, 1.807) is 0 Å². The van der Waals surface area contributed by atoms with Crippen molar-refractivity contribution in [2.24, 2.45) is 11.3 Å². The average Bonchev–Trinajstić information content (AvgIpc) is 2.27. The number of ether oxygens (including phenoxy) is 1. The van der Waals surface area contributed by atoms with Gasteiger partial charge in [-0.3, -0.25) is 0 Å². The van der Waals surface area contributed by atoms with E-state index in [0.29, 0.717) is 17.4 Å². The third-order valence-corrected chi connectivity index (χ3v) is 4.88. The zero-order chi connectivity index (χ0) is 14.5. The van der Waals surface area contributed by atoms with Crippen LogP contribution >= 0.6 is 11.6 Å². The minimum Gasteiger partial charge on any atom is -0.487 e. The minimum atomic E-state index is -0.474. The van der Waals surface area contributed by atoms with Crippen LogP contribution in [0, 0.1) is 11.3 Å². The zero-order valence-corrected chi connectivity index (χ0v) is 13.2. The number of fused-ring (bicyclic) bond motifs is 1. The quantitative estimate of drug-likeness (QED) is 0.749. The van der Waals surface area contributed by atoms with E-state index < -0.39 is 6.10 Å². The first kappa shape index (κ1) is 14.2. The van der Waals surface area contributed by atoms with Gasteiger partial charge in [0.25, 0.3) is 0 Å². The second-order valence-electron chi connectivity index (χ2n) is 7.54. The molecule has 2 aliphatic rings. The highest BCUT2D eigenvalue weighted by molar-refractivity contribution is 6.30. The first-order chi connectivity index (χ1) is 9.29. The fourth-order valence-corrected chi connectivity index (χ4v) is 4.69. The van der Waals surface area contributed by atoms with Crippen LogP contribution in [0.4, 0.5) is 0 Å². The highest BCUT2D eigenvalue weighted by atomic mass is 35.5. The van der Waals surface area contributed by atoms with Gasteiger partial charge >= 0.3 is 0 Å². The van der Waals surface area contributed by atoms with E-state index >= 15 is 0 Å². The molecule has 0 aromatic heterocycles. The van der Waals surface area contributed by atoms with E-state index in [1.807, 2.05) is 18.2 Å². The van der Waals surface area contributed by atoms with E-state index in [0.717, 1.165) is 24.2 Å². The molecule has 3 rings (SSSR count). The highest BCUT2D eigenvalue weighted by Crippen LogP contribution is 2.52. The molecule has 1 aliphatic carbocycles. The van der Waals surface area contributed by atoms with E-state index in [4.69, 9.17) is 16.3 Å². The molecule has 1 aromatic rings. The normalized spacial score (nSPS) is 35.5. The molecule has 2 nitrogen and oxygen atoms in total. The van der Waals surface area contributed by atoms with Crippen molar-refractivity contribution in [2.45, 2.75) is 58.2 Å². The van der Waals surface area contributed by atoms with Gasteiger partial charge in [0.1, 0.15) is 11.4 Å². The third kappa shape index (κ3) is 2.56. The smallest absolute Gasteiger partial charge is 0.126 e. The molecule has 3 atom stereocenters. The molecule has 0 bridgehead atoms. The Kier molecular flexibility index (Phi) is 3.30. The van der Waals surface area contributed by atoms with Crippen LogP contribution in [0.5, 0.6) is 5.75 Å². The van der Waals surface area contributed by atoms with Crippen LogP contribution in [0.2, 0.25) is 5.02 Å². The molecule has 1 aromatic carbocycles. The lowest BCUT2D eigenvalue weighted by Crippen LogP contribution is -2.49. The molecule has 1 spiro atoms. The van der Waals surface area contributed by atoms with Crippen LogP contribution in [0.1, 0.15) is 58.1 Å². The Morgan fingerprint density at radius 1 is 1.25 bits per heavy atom. The Balaban J connectivity index is 1.96. The molecule has 1 aliphatic heterocycles. The number of halogens is 1. The van der Waals surface area contributed by atoms with E-state index in [-0.39, 0.29) is 11.0 Å². The van der Waals surface area contributed by atoms with Crippen LogP contribution in [0.25, 0.3) is 0 Å². The van der Waals surface area contributed by atoms with Gasteiger partial charge in [0.2, 0.25) is 0 Å². The second-order valence-corrected chi connectivity index (χ2v) is 7.98. The summed E-state index contributed by atoms with van der Waals surface area (Å²) in [5.74, 6) is 1.43. The molecule has 0 amide bonds. The number of benzene rings is 1. The van der Waals surface area contributed by atoms with Crippen molar-refractivity contribution >= 4 is 11.6 Å². The zero-order valence-electron chi connectivity index (χ0n) is 12.4. The summed E-state index contributed by atoms with van der Waals surface area (Å²) in [6.45, 7) is 6.89. The van der Waals surface area contributed by atoms with Crippen molar-refractivity contribution in [3.05, 3.63) is 28.8 Å². The molecule has 1 saturated carbocycles. The molecular formula is C17H23ClO2. The van der Waals surface area contributed by atoms with Crippen molar-refractivity contribution in [3.63, 3.8) is 0 Å². The maximum Gasteiger partial charge on any atom is 0.126 e. The number of hydrogen-bond donors (Lipinski definition) is 1. The summed E-state index contributed by atoms with van der Waals surface area (Å²) >= 11 is 6.02. The van der Waals surface area contributed by atoms with Gasteiger partial charge in [-0.1, -0.05) is 32.4 Å². The first-order valence-electron chi connectivity index (χ1n) is 7.45. The van der Waals surface area contributed by atoms with Gasteiger partial charge in [0.05, 0.1) is 6.10 Å². The van der Waals surface area contributed by atoms with Crippen molar-refractivity contribution in [1.82, 2.24) is 0 Å². The lowest BCUT2D eigenvalue weighted by atomic mass is 9.63. The summed E-state index contributed by atoms with van der Waals surface area (Å²) in [5, 5.41) is 11.2. The summed E-state index contributed by atoms with van der Waals surface area (Å²) in [6.07, 6.45) is 3.45. The van der Waals surface area contributed by atoms with Gasteiger partial charge < -0.3 is 9.84 Å². The first-order valence-corrected chi connectivity index (χ1v) is 7.83. The molecule has 2 unspecified atom stereocenters. The minimum absolute atomic E-state index is 0.221. The molecule has 1 N–H and O–H groups in total. The van der Waals surface area contributed by atoms with Crippen LogP contribution in [0.3, 0.4) is 0 Å². The van der Waals surface area contributed by atoms with Crippen molar-refractivity contribution in [2.75, 3.05) is 0 Å². The number of hydrogen-bond acceptors (Lipinski definition) is 2. The topological polar surface area (TPSA) is 29.5 Å². The van der Waals surface area contributed by atoms with Gasteiger partial charge in [-0.15, -0.1) is 0 Å². The molecule has 1 fully saturated rings. The average molecular weight is 295 g/mol. The van der Waals surface area contributed by atoms with Crippen LogP contribution in [-0.4, -0.2) is 10.7 Å². The molecule has 1 heterocycles. The van der Waals surface area contributed by atoms with Crippen molar-refractivity contribution < 1.29 is 9.84 Å². The molecule has 110 valence electrons. The summed E-state index contributed by atoms with van der Waals surface area (Å²) in [4.78, 5) is 0. The fourth-order valence-electron chi connectivity index (χ4n) is 4.51. The SMILES string of the molecule is CC1CC(C)(C)CC2(C1)C[C@H](O)c1cc(Cl)ccc1O2. The van der Waals surface area contributed by atoms with Crippen LogP contribution in [-0.2, 0) is 0 Å². The predicted octanol–water partition coefficient (Wildman–Crippen LogP) is 4.74. The third-order valence-electron chi connectivity index (χ3n) is 4.64. The Morgan fingerprint density at radius 2 is 2.00 bits per heavy atom. The second kappa shape index (κ2) is 4.64. The number of aliphatic hydroxyl groups excluding tert-OH is 1. The Hall–Kier alpha value is -0.730. The van der Waals surface area contributed by atoms with Gasteiger partial charge in [-0.25, -0.2) is 0 Å². The predicted molar refractivity (Wildman–Crippen MR) is 81.2 cm³/mol. The van der Waals surface area contributed by atoms with Crippen LogP contribution < -0.4 is 4.74 Å². The van der Waals surface area contributed by atoms with Gasteiger partial charge in [-0.2, -0.15) is 0 Å². The Bertz CT molecular complexity index is 526. The lowest BCUT2D eigenvalue weighted by molar-refractivity contribution is -0.0822. The Labute approximate surface area is 126 Å². The maximum absolute atomic E-state index is 10.5. The maximum atomic E-state index is 10.5. The van der Waals surface area contributed by atoms with Crippen molar-refractivity contribution in [3.8, 4) is 5.75 Å². The van der Waals surface area contributed by atoms with Gasteiger partial charge in [-0.05, 0) is 48.8 Å². The standard InChI is InChI=1S/C17H23ClO2/c1-11-7-16(2,3)10-17(8-11)9-14(19)13-6-12(18)4-5-15(13)20-17/h4-6,11,14,19H,7-10H2,1-3H3/t11?,14-,17?/m0/s1. The summed E-state index contributed by atoms with van der Waals surface area (Å²) in [5.41, 5.74) is 0.877. The van der Waals surface area contributed by atoms with E-state index in [9.17, 15) is 5.11 Å². The summed E-state index contributed by atoms with van der Waals surface area (Å²) in [6, 6.07) is 5.56. The summed E-state index contributed by atoms with van der Waals surface area (Å²) in [7, 11) is 0. The molecule has 3 heteroatoms. The Morgan fingerprint density at radius 3 is 2.70 bits per heavy atom. The molecule has 0 radical (unpaired) electrons. The summed E-state index contributed by atoms with van der Waals surface area (Å²) < 4.78 is 6.37. The van der Waals surface area contributed by atoms with Crippen molar-refractivity contribution in [1.29, 1.82) is 0 Å². The molecular weight excluding hydrogens is 272 g/mol. The number of aliphatic hydroxyl groups is 1.